The first-order chi connectivity index (χ1) is 18.7. The smallest absolute Gasteiger partial charge is 0.264 e. The number of hydrogen-bond donors (Lipinski definition) is 0. The van der Waals surface area contributed by atoms with Crippen molar-refractivity contribution in [1.82, 2.24) is 34.4 Å². The van der Waals surface area contributed by atoms with Crippen LogP contribution in [-0.4, -0.2) is 66.5 Å². The Bertz CT molecular complexity index is 1760. The van der Waals surface area contributed by atoms with E-state index in [1.165, 1.54) is 11.3 Å². The van der Waals surface area contributed by atoms with Crippen molar-refractivity contribution in [1.29, 1.82) is 0 Å². The van der Waals surface area contributed by atoms with Gasteiger partial charge in [-0.1, -0.05) is 36.4 Å². The van der Waals surface area contributed by atoms with Crippen LogP contribution in [-0.2, 0) is 0 Å². The molecule has 0 N–H and O–H groups in total. The second kappa shape index (κ2) is 9.07. The van der Waals surface area contributed by atoms with Crippen molar-refractivity contribution < 1.29 is 4.79 Å². The molecule has 38 heavy (non-hydrogen) atoms. The summed E-state index contributed by atoms with van der Waals surface area (Å²) in [6, 6.07) is 22.0. The molecule has 10 heteroatoms. The number of aromatic nitrogens is 6. The Morgan fingerprint density at radius 3 is 2.24 bits per heavy atom. The molecule has 7 rings (SSSR count). The highest BCUT2D eigenvalue weighted by Crippen LogP contribution is 2.32. The minimum Gasteiger partial charge on any atom is -0.352 e. The number of nitrogens with zero attached hydrogens (tertiary/aromatic N) is 8. The zero-order valence-corrected chi connectivity index (χ0v) is 21.5. The van der Waals surface area contributed by atoms with Gasteiger partial charge in [-0.2, -0.15) is 10.2 Å². The van der Waals surface area contributed by atoms with E-state index in [2.05, 4.69) is 20.0 Å². The Morgan fingerprint density at radius 1 is 0.842 bits per heavy atom. The lowest BCUT2D eigenvalue weighted by Crippen LogP contribution is -2.49. The van der Waals surface area contributed by atoms with Crippen molar-refractivity contribution in [2.75, 3.05) is 31.1 Å². The molecule has 0 bridgehead atoms. The average molecular weight is 521 g/mol. The molecule has 6 aromatic rings. The van der Waals surface area contributed by atoms with Crippen LogP contribution in [0, 0.1) is 6.92 Å². The largest absolute Gasteiger partial charge is 0.352 e. The monoisotopic (exact) mass is 520 g/mol. The van der Waals surface area contributed by atoms with Crippen molar-refractivity contribution in [2.45, 2.75) is 6.92 Å². The van der Waals surface area contributed by atoms with Gasteiger partial charge in [-0.15, -0.1) is 11.3 Å². The average Bonchev–Trinajstić information content (AvgIpc) is 3.68. The predicted molar refractivity (Wildman–Crippen MR) is 148 cm³/mol. The Balaban J connectivity index is 1.11. The highest BCUT2D eigenvalue weighted by molar-refractivity contribution is 7.20. The summed E-state index contributed by atoms with van der Waals surface area (Å²) in [6.07, 6.45) is 3.41. The number of fused-ring (bicyclic) bond motifs is 2. The first-order valence-electron chi connectivity index (χ1n) is 12.5. The maximum absolute atomic E-state index is 13.5. The van der Waals surface area contributed by atoms with E-state index < -0.39 is 0 Å². The number of aryl methyl sites for hydroxylation is 1. The SMILES string of the molecule is Cc1nn(-c2ccccc2)c2sc(C(=O)N3CCN(c4ncnc5c4cnn5-c4ccccc4)CC3)cc12. The standard InChI is InChI=1S/C28H24N8OS/c1-19-22-16-24(38-28(22)36(32-19)21-10-6-3-7-11-21)27(37)34-14-12-33(13-15-34)25-23-17-31-35(26(23)30-18-29-25)20-8-4-2-5-9-20/h2-11,16-18H,12-15H2,1H3. The number of piperazine rings is 1. The van der Waals surface area contributed by atoms with Gasteiger partial charge in [-0.3, -0.25) is 4.79 Å². The lowest BCUT2D eigenvalue weighted by atomic mass is 10.2. The van der Waals surface area contributed by atoms with Gasteiger partial charge < -0.3 is 9.80 Å². The van der Waals surface area contributed by atoms with Crippen LogP contribution >= 0.6 is 11.3 Å². The fourth-order valence-electron chi connectivity index (χ4n) is 5.02. The Kier molecular flexibility index (Phi) is 5.40. The molecule has 0 unspecified atom stereocenters. The molecule has 1 fully saturated rings. The molecule has 1 aliphatic rings. The van der Waals surface area contributed by atoms with Crippen LogP contribution in [0.15, 0.2) is 79.3 Å². The normalized spacial score (nSPS) is 14.0. The molecule has 1 saturated heterocycles. The lowest BCUT2D eigenvalue weighted by Gasteiger charge is -2.35. The summed E-state index contributed by atoms with van der Waals surface area (Å²) in [6.45, 7) is 4.61. The van der Waals surface area contributed by atoms with Gasteiger partial charge in [-0.25, -0.2) is 19.3 Å². The number of carbonyl (C=O) groups excluding carboxylic acids is 1. The van der Waals surface area contributed by atoms with E-state index in [0.717, 1.165) is 49.0 Å². The minimum atomic E-state index is 0.0644. The Morgan fingerprint density at radius 2 is 1.53 bits per heavy atom. The Hall–Kier alpha value is -4.57. The van der Waals surface area contributed by atoms with E-state index >= 15 is 0 Å². The summed E-state index contributed by atoms with van der Waals surface area (Å²) in [7, 11) is 0. The number of benzene rings is 2. The van der Waals surface area contributed by atoms with Gasteiger partial charge >= 0.3 is 0 Å². The minimum absolute atomic E-state index is 0.0644. The van der Waals surface area contributed by atoms with Crippen LogP contribution < -0.4 is 4.90 Å². The van der Waals surface area contributed by atoms with Crippen molar-refractivity contribution in [2.24, 2.45) is 0 Å². The molecule has 188 valence electrons. The van der Waals surface area contributed by atoms with Gasteiger partial charge in [0.15, 0.2) is 5.65 Å². The lowest BCUT2D eigenvalue weighted by molar-refractivity contribution is 0.0751. The third-order valence-electron chi connectivity index (χ3n) is 6.97. The molecule has 0 spiro atoms. The Labute approximate surface area is 222 Å². The van der Waals surface area contributed by atoms with Gasteiger partial charge in [-0.05, 0) is 37.3 Å². The number of amides is 1. The quantitative estimate of drug-likeness (QED) is 0.341. The van der Waals surface area contributed by atoms with Crippen LogP contribution in [0.25, 0.3) is 32.6 Å². The van der Waals surface area contributed by atoms with Gasteiger partial charge in [0.1, 0.15) is 17.0 Å². The summed E-state index contributed by atoms with van der Waals surface area (Å²) in [5, 5.41) is 11.2. The summed E-state index contributed by atoms with van der Waals surface area (Å²) in [5.74, 6) is 0.916. The fraction of sp³-hybridized carbons (Fsp3) is 0.179. The maximum Gasteiger partial charge on any atom is 0.264 e. The summed E-state index contributed by atoms with van der Waals surface area (Å²) < 4.78 is 3.76. The van der Waals surface area contributed by atoms with E-state index in [1.807, 2.05) is 94.1 Å². The first kappa shape index (κ1) is 22.6. The number of rotatable bonds is 4. The molecule has 4 aromatic heterocycles. The summed E-state index contributed by atoms with van der Waals surface area (Å²) >= 11 is 1.51. The van der Waals surface area contributed by atoms with E-state index in [9.17, 15) is 4.79 Å². The third-order valence-corrected chi connectivity index (χ3v) is 8.07. The molecule has 0 saturated carbocycles. The number of anilines is 1. The molecule has 1 amide bonds. The van der Waals surface area contributed by atoms with Gasteiger partial charge in [0.2, 0.25) is 0 Å². The van der Waals surface area contributed by atoms with Crippen LogP contribution in [0.2, 0.25) is 0 Å². The van der Waals surface area contributed by atoms with Crippen molar-refractivity contribution in [3.8, 4) is 11.4 Å². The highest BCUT2D eigenvalue weighted by Gasteiger charge is 2.27. The molecule has 5 heterocycles. The molecular formula is C28H24N8OS. The third kappa shape index (κ3) is 3.72. The summed E-state index contributed by atoms with van der Waals surface area (Å²) in [4.78, 5) is 28.5. The van der Waals surface area contributed by atoms with Crippen molar-refractivity contribution in [3.63, 3.8) is 0 Å². The molecule has 2 aromatic carbocycles. The first-order valence-corrected chi connectivity index (χ1v) is 13.3. The van der Waals surface area contributed by atoms with E-state index in [0.29, 0.717) is 26.2 Å². The molecule has 1 aliphatic heterocycles. The van der Waals surface area contributed by atoms with Gasteiger partial charge in [0.05, 0.1) is 33.5 Å². The molecule has 0 aliphatic carbocycles. The highest BCUT2D eigenvalue weighted by atomic mass is 32.1. The maximum atomic E-state index is 13.5. The van der Waals surface area contributed by atoms with Crippen LogP contribution in [0.3, 0.4) is 0 Å². The van der Waals surface area contributed by atoms with Crippen molar-refractivity contribution in [3.05, 3.63) is 89.8 Å². The fourth-order valence-corrected chi connectivity index (χ4v) is 6.17. The second-order valence-corrected chi connectivity index (χ2v) is 10.3. The predicted octanol–water partition coefficient (Wildman–Crippen LogP) is 4.49. The van der Waals surface area contributed by atoms with E-state index in [-0.39, 0.29) is 5.91 Å². The topological polar surface area (TPSA) is 85.0 Å². The zero-order valence-electron chi connectivity index (χ0n) is 20.7. The van der Waals surface area contributed by atoms with Crippen LogP contribution in [0.4, 0.5) is 5.82 Å². The summed E-state index contributed by atoms with van der Waals surface area (Å²) in [5.41, 5.74) is 3.64. The van der Waals surface area contributed by atoms with Gasteiger partial charge in [0.25, 0.3) is 5.91 Å². The zero-order chi connectivity index (χ0) is 25.6. The van der Waals surface area contributed by atoms with Crippen molar-refractivity contribution >= 4 is 44.3 Å². The molecule has 0 atom stereocenters. The van der Waals surface area contributed by atoms with E-state index in [4.69, 9.17) is 5.10 Å². The molecule has 0 radical (unpaired) electrons. The second-order valence-electron chi connectivity index (χ2n) is 9.27. The number of para-hydroxylation sites is 2. The van der Waals surface area contributed by atoms with E-state index in [1.54, 1.807) is 6.33 Å². The number of thiophene rings is 1. The van der Waals surface area contributed by atoms with Crippen LogP contribution in [0.5, 0.6) is 0 Å². The molecule has 9 nitrogen and oxygen atoms in total. The number of carbonyl (C=O) groups is 1. The van der Waals surface area contributed by atoms with Crippen LogP contribution in [0.1, 0.15) is 15.4 Å². The van der Waals surface area contributed by atoms with Gasteiger partial charge in [0, 0.05) is 31.6 Å². The number of hydrogen-bond acceptors (Lipinski definition) is 7. The molecular weight excluding hydrogens is 496 g/mol.